The van der Waals surface area contributed by atoms with E-state index in [2.05, 4.69) is 10.4 Å². The topological polar surface area (TPSA) is 98.4 Å². The van der Waals surface area contributed by atoms with E-state index in [0.29, 0.717) is 28.5 Å². The third-order valence-electron chi connectivity index (χ3n) is 5.89. The molecule has 0 amide bonds. The maximum absolute atomic E-state index is 12.3. The molecule has 0 aliphatic rings. The number of nitrogens with one attached hydrogen (secondary N) is 1. The Balaban J connectivity index is 1.83. The van der Waals surface area contributed by atoms with Crippen molar-refractivity contribution in [1.82, 2.24) is 14.3 Å². The van der Waals surface area contributed by atoms with Crippen LogP contribution in [-0.2, 0) is 13.6 Å². The van der Waals surface area contributed by atoms with Gasteiger partial charge in [0.25, 0.3) is 5.56 Å². The molecule has 0 spiro atoms. The van der Waals surface area contributed by atoms with Crippen molar-refractivity contribution < 1.29 is 14.6 Å². The van der Waals surface area contributed by atoms with Gasteiger partial charge in [-0.15, -0.1) is 0 Å². The number of benzene rings is 2. The number of pyridine rings is 1. The van der Waals surface area contributed by atoms with Crippen LogP contribution >= 0.6 is 23.2 Å². The van der Waals surface area contributed by atoms with E-state index in [1.807, 2.05) is 43.3 Å². The number of hydrogen-bond acceptors (Lipinski definition) is 5. The molecule has 0 aliphatic carbocycles. The largest absolute Gasteiger partial charge is 0.497 e. The fourth-order valence-corrected chi connectivity index (χ4v) is 4.39. The average molecular weight is 527 g/mol. The molecule has 0 saturated carbocycles. The lowest BCUT2D eigenvalue weighted by Crippen LogP contribution is -2.20. The van der Waals surface area contributed by atoms with Crippen molar-refractivity contribution in [1.29, 1.82) is 0 Å². The zero-order chi connectivity index (χ0) is 26.0. The van der Waals surface area contributed by atoms with Gasteiger partial charge in [-0.25, -0.2) is 4.79 Å². The number of carboxylic acid groups (broad SMARTS) is 1. The van der Waals surface area contributed by atoms with Gasteiger partial charge in [0.15, 0.2) is 5.69 Å². The summed E-state index contributed by atoms with van der Waals surface area (Å²) in [6.45, 7) is 2.20. The molecule has 8 nitrogen and oxygen atoms in total. The number of aryl methyl sites for hydroxylation is 1. The van der Waals surface area contributed by atoms with Crippen LogP contribution < -0.4 is 15.6 Å². The number of nitrogens with zero attached hydrogens (tertiary/aromatic N) is 3. The predicted octanol–water partition coefficient (Wildman–Crippen LogP) is 5.15. The molecule has 10 heteroatoms. The summed E-state index contributed by atoms with van der Waals surface area (Å²) in [6, 6.07) is 15.5. The zero-order valence-corrected chi connectivity index (χ0v) is 21.3. The summed E-state index contributed by atoms with van der Waals surface area (Å²) >= 11 is 12.2. The number of ether oxygens (including phenoxy) is 1. The first kappa shape index (κ1) is 25.3. The first-order chi connectivity index (χ1) is 17.2. The Morgan fingerprint density at radius 1 is 1.14 bits per heavy atom. The van der Waals surface area contributed by atoms with Gasteiger partial charge in [0, 0.05) is 29.5 Å². The van der Waals surface area contributed by atoms with Gasteiger partial charge in [-0.3, -0.25) is 9.48 Å². The highest BCUT2D eigenvalue weighted by molar-refractivity contribution is 6.30. The molecule has 2 aromatic heterocycles. The molecule has 2 aromatic carbocycles. The Bertz CT molecular complexity index is 1440. The van der Waals surface area contributed by atoms with Crippen LogP contribution in [0.1, 0.15) is 38.9 Å². The first-order valence-corrected chi connectivity index (χ1v) is 11.7. The number of aromatic nitrogens is 3. The molecule has 36 heavy (non-hydrogen) atoms. The van der Waals surface area contributed by atoms with Crippen molar-refractivity contribution in [2.24, 2.45) is 7.05 Å². The van der Waals surface area contributed by atoms with Crippen LogP contribution in [0.4, 0.5) is 5.69 Å². The predicted molar refractivity (Wildman–Crippen MR) is 140 cm³/mol. The monoisotopic (exact) mass is 526 g/mol. The minimum absolute atomic E-state index is 0.0442. The second-order valence-electron chi connectivity index (χ2n) is 8.28. The maximum atomic E-state index is 12.3. The third kappa shape index (κ3) is 5.24. The van der Waals surface area contributed by atoms with Crippen molar-refractivity contribution in [2.75, 3.05) is 12.4 Å². The number of methoxy groups -OCH3 is 1. The van der Waals surface area contributed by atoms with E-state index in [1.54, 1.807) is 37.2 Å². The van der Waals surface area contributed by atoms with Crippen LogP contribution in [0.25, 0.3) is 0 Å². The average Bonchev–Trinajstić information content (AvgIpc) is 3.18. The molecule has 2 heterocycles. The molecule has 0 radical (unpaired) electrons. The Morgan fingerprint density at radius 2 is 1.81 bits per heavy atom. The van der Waals surface area contributed by atoms with E-state index in [0.717, 1.165) is 16.9 Å². The second kappa shape index (κ2) is 10.5. The normalized spacial score (nSPS) is 11.8. The van der Waals surface area contributed by atoms with Gasteiger partial charge in [0.2, 0.25) is 0 Å². The molecule has 4 rings (SSSR count). The van der Waals surface area contributed by atoms with Gasteiger partial charge in [-0.05, 0) is 48.4 Å². The molecule has 1 unspecified atom stereocenters. The van der Waals surface area contributed by atoms with Crippen LogP contribution in [-0.4, -0.2) is 32.5 Å². The molecular weight excluding hydrogens is 503 g/mol. The highest BCUT2D eigenvalue weighted by Crippen LogP contribution is 2.33. The molecule has 2 N–H and O–H groups in total. The lowest BCUT2D eigenvalue weighted by Gasteiger charge is -2.22. The maximum Gasteiger partial charge on any atom is 0.356 e. The van der Waals surface area contributed by atoms with E-state index >= 15 is 0 Å². The molecule has 0 saturated heterocycles. The summed E-state index contributed by atoms with van der Waals surface area (Å²) in [4.78, 5) is 24.4. The van der Waals surface area contributed by atoms with Crippen molar-refractivity contribution in [3.63, 3.8) is 0 Å². The Labute approximate surface area is 217 Å². The molecule has 0 bridgehead atoms. The van der Waals surface area contributed by atoms with Crippen LogP contribution in [0.15, 0.2) is 65.6 Å². The summed E-state index contributed by atoms with van der Waals surface area (Å²) in [7, 11) is 3.19. The summed E-state index contributed by atoms with van der Waals surface area (Å²) in [5.74, 6) is -0.424. The van der Waals surface area contributed by atoms with E-state index < -0.39 is 12.0 Å². The first-order valence-electron chi connectivity index (χ1n) is 11.0. The smallest absolute Gasteiger partial charge is 0.356 e. The van der Waals surface area contributed by atoms with E-state index in [4.69, 9.17) is 27.9 Å². The number of carboxylic acids is 1. The SMILES string of the molecule is COc1ccc(Cn2nc(C(=O)O)c(C(Nc3cc(Cl)c(=O)n(C)c3)c3ccc(Cl)cc3)c2C)cc1. The Morgan fingerprint density at radius 3 is 2.39 bits per heavy atom. The zero-order valence-electron chi connectivity index (χ0n) is 19.8. The number of halogens is 2. The van der Waals surface area contributed by atoms with Crippen molar-refractivity contribution in [3.8, 4) is 5.75 Å². The third-order valence-corrected chi connectivity index (χ3v) is 6.41. The highest BCUT2D eigenvalue weighted by Gasteiger charge is 2.28. The quantitative estimate of drug-likeness (QED) is 0.329. The van der Waals surface area contributed by atoms with Crippen molar-refractivity contribution >= 4 is 34.9 Å². The van der Waals surface area contributed by atoms with Gasteiger partial charge in [-0.2, -0.15) is 5.10 Å². The van der Waals surface area contributed by atoms with E-state index in [9.17, 15) is 14.7 Å². The van der Waals surface area contributed by atoms with Gasteiger partial charge < -0.3 is 19.7 Å². The van der Waals surface area contributed by atoms with Crippen molar-refractivity contribution in [3.05, 3.63) is 109 Å². The fraction of sp³-hybridized carbons (Fsp3) is 0.192. The number of aromatic carboxylic acids is 1. The van der Waals surface area contributed by atoms with Gasteiger partial charge in [0.05, 0.1) is 25.4 Å². The Kier molecular flexibility index (Phi) is 7.37. The van der Waals surface area contributed by atoms with Crippen LogP contribution in [0.5, 0.6) is 5.75 Å². The molecule has 186 valence electrons. The minimum Gasteiger partial charge on any atom is -0.497 e. The minimum atomic E-state index is -1.15. The summed E-state index contributed by atoms with van der Waals surface area (Å²) in [5.41, 5.74) is 2.99. The molecule has 4 aromatic rings. The standard InChI is InChI=1S/C26H24Cl2N4O4/c1-15-22(24(26(34)35)30-32(15)13-16-4-10-20(36-3)11-5-16)23(17-6-8-18(27)9-7-17)29-19-12-21(28)25(33)31(2)14-19/h4-12,14,23,29H,13H2,1-3H3,(H,34,35). The molecule has 0 fully saturated rings. The van der Waals surface area contributed by atoms with Crippen molar-refractivity contribution in [2.45, 2.75) is 19.5 Å². The van der Waals surface area contributed by atoms with Gasteiger partial charge in [-0.1, -0.05) is 47.5 Å². The molecule has 1 atom stereocenters. The number of carbonyl (C=O) groups is 1. The number of rotatable bonds is 8. The van der Waals surface area contributed by atoms with Crippen LogP contribution in [0.2, 0.25) is 10.0 Å². The van der Waals surface area contributed by atoms with Crippen LogP contribution in [0, 0.1) is 6.92 Å². The second-order valence-corrected chi connectivity index (χ2v) is 9.12. The lowest BCUT2D eigenvalue weighted by atomic mass is 9.96. The number of hydrogen-bond donors (Lipinski definition) is 2. The summed E-state index contributed by atoms with van der Waals surface area (Å²) in [6.07, 6.45) is 1.61. The molecular formula is C26H24Cl2N4O4. The lowest BCUT2D eigenvalue weighted by molar-refractivity contribution is 0.0688. The highest BCUT2D eigenvalue weighted by atomic mass is 35.5. The fourth-order valence-electron chi connectivity index (χ4n) is 4.02. The van der Waals surface area contributed by atoms with Gasteiger partial charge >= 0.3 is 5.97 Å². The van der Waals surface area contributed by atoms with Gasteiger partial charge in [0.1, 0.15) is 10.8 Å². The molecule has 0 aliphatic heterocycles. The Hall–Kier alpha value is -3.75. The summed E-state index contributed by atoms with van der Waals surface area (Å²) < 4.78 is 8.25. The van der Waals surface area contributed by atoms with E-state index in [-0.39, 0.29) is 16.3 Å². The van der Waals surface area contributed by atoms with Crippen LogP contribution in [0.3, 0.4) is 0 Å². The van der Waals surface area contributed by atoms with E-state index in [1.165, 1.54) is 10.6 Å². The summed E-state index contributed by atoms with van der Waals surface area (Å²) in [5, 5.41) is 18.4. The number of anilines is 1.